The lowest BCUT2D eigenvalue weighted by Gasteiger charge is -2.12. The molecule has 7 heteroatoms. The van der Waals surface area contributed by atoms with E-state index in [1.54, 1.807) is 13.2 Å². The second-order valence-corrected chi connectivity index (χ2v) is 6.84. The molecule has 0 aliphatic carbocycles. The molecule has 4 aromatic rings. The molecule has 0 atom stereocenters. The molecule has 2 N–H and O–H groups in total. The van der Waals surface area contributed by atoms with E-state index in [1.807, 2.05) is 30.3 Å². The maximum absolute atomic E-state index is 11.2. The lowest BCUT2D eigenvalue weighted by atomic mass is 9.94. The van der Waals surface area contributed by atoms with Gasteiger partial charge in [0.25, 0.3) is 11.8 Å². The van der Waals surface area contributed by atoms with E-state index in [4.69, 9.17) is 15.0 Å². The van der Waals surface area contributed by atoms with Gasteiger partial charge in [-0.25, -0.2) is 0 Å². The van der Waals surface area contributed by atoms with Crippen LogP contribution in [0.25, 0.3) is 34.0 Å². The summed E-state index contributed by atoms with van der Waals surface area (Å²) in [5.74, 6) is 0.178. The highest BCUT2D eigenvalue weighted by atomic mass is 16.5. The molecule has 30 heavy (non-hydrogen) atoms. The Morgan fingerprint density at radius 2 is 1.87 bits per heavy atom. The highest BCUT2D eigenvalue weighted by Gasteiger charge is 2.15. The zero-order chi connectivity index (χ0) is 21.1. The minimum absolute atomic E-state index is 0.179. The highest BCUT2D eigenvalue weighted by Crippen LogP contribution is 2.31. The molecule has 150 valence electrons. The molecule has 7 nitrogen and oxygen atoms in total. The molecule has 0 bridgehead atoms. The van der Waals surface area contributed by atoms with Crippen LogP contribution in [0.1, 0.15) is 21.6 Å². The molecule has 0 saturated carbocycles. The van der Waals surface area contributed by atoms with Gasteiger partial charge in [-0.2, -0.15) is 4.98 Å². The van der Waals surface area contributed by atoms with E-state index in [0.29, 0.717) is 23.9 Å². The predicted molar refractivity (Wildman–Crippen MR) is 112 cm³/mol. The first-order chi connectivity index (χ1) is 14.6. The Balaban J connectivity index is 1.69. The van der Waals surface area contributed by atoms with Crippen LogP contribution in [0.3, 0.4) is 0 Å². The quantitative estimate of drug-likeness (QED) is 0.524. The Bertz CT molecular complexity index is 1200. The normalized spacial score (nSPS) is 10.9. The number of nitrogens with two attached hydrogens (primary N) is 1. The molecule has 2 aromatic carbocycles. The number of methoxy groups -OCH3 is 1. The molecule has 0 aliphatic rings. The Morgan fingerprint density at radius 3 is 2.57 bits per heavy atom. The zero-order valence-electron chi connectivity index (χ0n) is 16.6. The number of hydrogen-bond donors (Lipinski definition) is 1. The van der Waals surface area contributed by atoms with E-state index in [-0.39, 0.29) is 5.69 Å². The van der Waals surface area contributed by atoms with Gasteiger partial charge in [0, 0.05) is 24.4 Å². The predicted octanol–water partition coefficient (Wildman–Crippen LogP) is 4.02. The molecule has 0 radical (unpaired) electrons. The Kier molecular flexibility index (Phi) is 5.36. The van der Waals surface area contributed by atoms with Crippen molar-refractivity contribution < 1.29 is 14.1 Å². The van der Waals surface area contributed by atoms with E-state index in [2.05, 4.69) is 34.2 Å². The van der Waals surface area contributed by atoms with Gasteiger partial charge in [-0.05, 0) is 53.4 Å². The minimum atomic E-state index is -0.588. The van der Waals surface area contributed by atoms with Crippen molar-refractivity contribution in [3.05, 3.63) is 77.6 Å². The van der Waals surface area contributed by atoms with Gasteiger partial charge in [0.15, 0.2) is 0 Å². The number of pyridine rings is 1. The summed E-state index contributed by atoms with van der Waals surface area (Å²) >= 11 is 0. The van der Waals surface area contributed by atoms with Gasteiger partial charge in [0.2, 0.25) is 5.82 Å². The number of benzene rings is 2. The molecule has 4 rings (SSSR count). The minimum Gasteiger partial charge on any atom is -0.380 e. The Labute approximate surface area is 173 Å². The van der Waals surface area contributed by atoms with Gasteiger partial charge in [-0.15, -0.1) is 0 Å². The molecular weight excluding hydrogens is 380 g/mol. The fourth-order valence-electron chi connectivity index (χ4n) is 3.27. The van der Waals surface area contributed by atoms with Gasteiger partial charge in [-0.3, -0.25) is 9.78 Å². The van der Waals surface area contributed by atoms with Crippen molar-refractivity contribution >= 4 is 5.91 Å². The maximum Gasteiger partial charge on any atom is 0.267 e. The SMILES string of the molecule is COCc1cc(-c2nc(-c3ccc(C(N)=O)nc3)no2)ccc1-c1ccccc1C. The fourth-order valence-corrected chi connectivity index (χ4v) is 3.27. The number of nitrogens with zero attached hydrogens (tertiary/aromatic N) is 3. The van der Waals surface area contributed by atoms with E-state index in [9.17, 15) is 4.79 Å². The molecule has 0 unspecified atom stereocenters. The summed E-state index contributed by atoms with van der Waals surface area (Å²) in [7, 11) is 1.67. The average molecular weight is 400 g/mol. The summed E-state index contributed by atoms with van der Waals surface area (Å²) in [6.45, 7) is 2.54. The lowest BCUT2D eigenvalue weighted by molar-refractivity contribution is 0.0995. The van der Waals surface area contributed by atoms with Crippen LogP contribution >= 0.6 is 0 Å². The molecule has 2 aromatic heterocycles. The van der Waals surface area contributed by atoms with Gasteiger partial charge in [-0.1, -0.05) is 35.5 Å². The highest BCUT2D eigenvalue weighted by molar-refractivity contribution is 5.91. The standard InChI is InChI=1S/C23H20N4O3/c1-14-5-3-4-6-18(14)19-9-7-15(11-17(19)13-29-2)23-26-22(27-30-23)16-8-10-20(21(24)28)25-12-16/h3-12H,13H2,1-2H3,(H2,24,28). The van der Waals surface area contributed by atoms with Crippen LogP contribution in [0.15, 0.2) is 65.3 Å². The third kappa shape index (κ3) is 3.83. The molecule has 1 amide bonds. The van der Waals surface area contributed by atoms with E-state index >= 15 is 0 Å². The van der Waals surface area contributed by atoms with Gasteiger partial charge >= 0.3 is 0 Å². The largest absolute Gasteiger partial charge is 0.380 e. The summed E-state index contributed by atoms with van der Waals surface area (Å²) in [5, 5.41) is 4.03. The number of primary amides is 1. The van der Waals surface area contributed by atoms with E-state index in [1.165, 1.54) is 17.8 Å². The van der Waals surface area contributed by atoms with Crippen LogP contribution in [0.5, 0.6) is 0 Å². The molecule has 0 spiro atoms. The monoisotopic (exact) mass is 400 g/mol. The molecule has 0 fully saturated rings. The number of hydrogen-bond acceptors (Lipinski definition) is 6. The topological polar surface area (TPSA) is 104 Å². The van der Waals surface area contributed by atoms with Crippen molar-refractivity contribution in [1.29, 1.82) is 0 Å². The van der Waals surface area contributed by atoms with Crippen LogP contribution in [-0.4, -0.2) is 28.1 Å². The second kappa shape index (κ2) is 8.26. The first-order valence-corrected chi connectivity index (χ1v) is 9.35. The Hall–Kier alpha value is -3.84. The van der Waals surface area contributed by atoms with E-state index < -0.39 is 5.91 Å². The summed E-state index contributed by atoms with van der Waals surface area (Å²) in [4.78, 5) is 19.7. The fraction of sp³-hybridized carbons (Fsp3) is 0.130. The number of carbonyl (C=O) groups is 1. The van der Waals surface area contributed by atoms with Crippen LogP contribution in [0.4, 0.5) is 0 Å². The number of ether oxygens (including phenoxy) is 1. The number of aryl methyl sites for hydroxylation is 1. The van der Waals surface area contributed by atoms with Crippen molar-refractivity contribution in [2.45, 2.75) is 13.5 Å². The van der Waals surface area contributed by atoms with Crippen molar-refractivity contribution in [1.82, 2.24) is 15.1 Å². The summed E-state index contributed by atoms with van der Waals surface area (Å²) in [6.07, 6.45) is 1.49. The van der Waals surface area contributed by atoms with Gasteiger partial charge in [0.05, 0.1) is 6.61 Å². The lowest BCUT2D eigenvalue weighted by Crippen LogP contribution is -2.12. The first kappa shape index (κ1) is 19.5. The average Bonchev–Trinajstić information content (AvgIpc) is 3.25. The molecule has 0 saturated heterocycles. The third-order valence-electron chi connectivity index (χ3n) is 4.79. The summed E-state index contributed by atoms with van der Waals surface area (Å²) < 4.78 is 10.9. The zero-order valence-corrected chi connectivity index (χ0v) is 16.6. The van der Waals surface area contributed by atoms with Crippen molar-refractivity contribution in [2.75, 3.05) is 7.11 Å². The van der Waals surface area contributed by atoms with Crippen LogP contribution in [0.2, 0.25) is 0 Å². The van der Waals surface area contributed by atoms with Crippen molar-refractivity contribution in [3.8, 4) is 34.0 Å². The second-order valence-electron chi connectivity index (χ2n) is 6.84. The van der Waals surface area contributed by atoms with Crippen LogP contribution < -0.4 is 5.73 Å². The molecule has 2 heterocycles. The maximum atomic E-state index is 11.2. The van der Waals surface area contributed by atoms with Crippen molar-refractivity contribution in [2.24, 2.45) is 5.73 Å². The van der Waals surface area contributed by atoms with Crippen LogP contribution in [0, 0.1) is 6.92 Å². The van der Waals surface area contributed by atoms with Gasteiger partial charge < -0.3 is 15.0 Å². The summed E-state index contributed by atoms with van der Waals surface area (Å²) in [5.41, 5.74) is 11.3. The van der Waals surface area contributed by atoms with Crippen molar-refractivity contribution in [3.63, 3.8) is 0 Å². The van der Waals surface area contributed by atoms with E-state index in [0.717, 1.165) is 22.3 Å². The third-order valence-corrected chi connectivity index (χ3v) is 4.79. The summed E-state index contributed by atoms with van der Waals surface area (Å²) in [6, 6.07) is 17.4. The number of amides is 1. The Morgan fingerprint density at radius 1 is 1.07 bits per heavy atom. The smallest absolute Gasteiger partial charge is 0.267 e. The number of rotatable bonds is 6. The first-order valence-electron chi connectivity index (χ1n) is 9.35. The number of carbonyl (C=O) groups excluding carboxylic acids is 1. The molecule has 0 aliphatic heterocycles. The van der Waals surface area contributed by atoms with Crippen LogP contribution in [-0.2, 0) is 11.3 Å². The molecular formula is C23H20N4O3. The van der Waals surface area contributed by atoms with Gasteiger partial charge in [0.1, 0.15) is 5.69 Å². The number of aromatic nitrogens is 3.